The number of nitrogens with zero attached hydrogens (tertiary/aromatic N) is 3. The van der Waals surface area contributed by atoms with Gasteiger partial charge < -0.3 is 9.80 Å². The van der Waals surface area contributed by atoms with E-state index in [1.165, 1.54) is 11.9 Å². The molecule has 2 saturated heterocycles. The van der Waals surface area contributed by atoms with Crippen LogP contribution in [-0.4, -0.2) is 65.3 Å². The van der Waals surface area contributed by atoms with Gasteiger partial charge in [-0.25, -0.2) is 4.79 Å². The van der Waals surface area contributed by atoms with Gasteiger partial charge in [-0.1, -0.05) is 24.3 Å². The summed E-state index contributed by atoms with van der Waals surface area (Å²) in [5, 5.41) is 0. The Balaban J connectivity index is 1.55. The fourth-order valence-electron chi connectivity index (χ4n) is 3.34. The van der Waals surface area contributed by atoms with E-state index in [4.69, 9.17) is 0 Å². The zero-order chi connectivity index (χ0) is 18.0. The molecule has 0 N–H and O–H groups in total. The first kappa shape index (κ1) is 17.2. The van der Waals surface area contributed by atoms with Crippen molar-refractivity contribution in [3.8, 4) is 0 Å². The van der Waals surface area contributed by atoms with Gasteiger partial charge in [-0.3, -0.25) is 14.5 Å². The van der Waals surface area contributed by atoms with Crippen molar-refractivity contribution < 1.29 is 14.4 Å². The molecular weight excluding hydrogens is 318 g/mol. The third kappa shape index (κ3) is 3.57. The number of carbonyl (C=O) groups excluding carboxylic acids is 3. The van der Waals surface area contributed by atoms with Gasteiger partial charge in [0.25, 0.3) is 0 Å². The van der Waals surface area contributed by atoms with Crippen molar-refractivity contribution in [2.75, 3.05) is 26.7 Å². The number of carbonyl (C=O) groups is 3. The molecule has 0 saturated carbocycles. The summed E-state index contributed by atoms with van der Waals surface area (Å²) in [6, 6.07) is 7.73. The van der Waals surface area contributed by atoms with Crippen molar-refractivity contribution in [3.05, 3.63) is 41.5 Å². The van der Waals surface area contributed by atoms with Gasteiger partial charge >= 0.3 is 6.03 Å². The van der Waals surface area contributed by atoms with Crippen molar-refractivity contribution in [2.24, 2.45) is 0 Å². The van der Waals surface area contributed by atoms with E-state index in [0.29, 0.717) is 25.9 Å². The Morgan fingerprint density at radius 1 is 1.16 bits per heavy atom. The zero-order valence-corrected chi connectivity index (χ0v) is 14.6. The second-order valence-electron chi connectivity index (χ2n) is 6.61. The minimum atomic E-state index is -0.228. The fourth-order valence-corrected chi connectivity index (χ4v) is 3.34. The van der Waals surface area contributed by atoms with Crippen LogP contribution in [0.3, 0.4) is 0 Å². The van der Waals surface area contributed by atoms with Crippen LogP contribution in [0.4, 0.5) is 4.79 Å². The highest BCUT2D eigenvalue weighted by molar-refractivity contribution is 6.01. The summed E-state index contributed by atoms with van der Waals surface area (Å²) in [7, 11) is 1.51. The van der Waals surface area contributed by atoms with Crippen molar-refractivity contribution >= 4 is 23.9 Å². The molecule has 0 atom stereocenters. The third-order valence-corrected chi connectivity index (χ3v) is 5.02. The lowest BCUT2D eigenvalue weighted by atomic mass is 10.0. The summed E-state index contributed by atoms with van der Waals surface area (Å²) in [6.45, 7) is 3.37. The van der Waals surface area contributed by atoms with E-state index in [1.807, 2.05) is 37.3 Å². The van der Waals surface area contributed by atoms with Crippen LogP contribution in [0.2, 0.25) is 0 Å². The average Bonchev–Trinajstić information content (AvgIpc) is 2.88. The number of piperidine rings is 1. The summed E-state index contributed by atoms with van der Waals surface area (Å²) in [5.41, 5.74) is 2.17. The summed E-state index contributed by atoms with van der Waals surface area (Å²) >= 11 is 0. The number of imide groups is 1. The number of hydrogen-bond donors (Lipinski definition) is 0. The van der Waals surface area contributed by atoms with E-state index in [0.717, 1.165) is 11.1 Å². The Morgan fingerprint density at radius 3 is 2.44 bits per heavy atom. The average molecular weight is 341 g/mol. The number of likely N-dealkylation sites (N-methyl/N-ethyl adjacent to an activating group) is 1. The number of urea groups is 1. The maximum atomic E-state index is 12.4. The Hall–Kier alpha value is -2.63. The van der Waals surface area contributed by atoms with Gasteiger partial charge in [0.15, 0.2) is 0 Å². The van der Waals surface area contributed by atoms with Crippen LogP contribution in [-0.2, 0) is 9.59 Å². The highest BCUT2D eigenvalue weighted by atomic mass is 16.2. The molecule has 0 radical (unpaired) electrons. The summed E-state index contributed by atoms with van der Waals surface area (Å²) in [6.07, 6.45) is 4.87. The Labute approximate surface area is 147 Å². The van der Waals surface area contributed by atoms with Crippen LogP contribution in [0, 0.1) is 6.92 Å². The van der Waals surface area contributed by atoms with Crippen LogP contribution in [0.15, 0.2) is 30.3 Å². The predicted octanol–water partition coefficient (Wildman–Crippen LogP) is 1.89. The lowest BCUT2D eigenvalue weighted by Gasteiger charge is -2.35. The smallest absolute Gasteiger partial charge is 0.327 e. The number of rotatable bonds is 3. The lowest BCUT2D eigenvalue weighted by molar-refractivity contribution is -0.128. The number of amides is 4. The monoisotopic (exact) mass is 341 g/mol. The maximum absolute atomic E-state index is 12.4. The van der Waals surface area contributed by atoms with Crippen molar-refractivity contribution in [1.29, 1.82) is 0 Å². The molecule has 2 aliphatic heterocycles. The largest absolute Gasteiger partial charge is 0.339 e. The van der Waals surface area contributed by atoms with E-state index in [9.17, 15) is 14.4 Å². The number of likely N-dealkylation sites (tertiary alicyclic amines) is 1. The van der Waals surface area contributed by atoms with E-state index in [1.54, 1.807) is 15.9 Å². The third-order valence-electron chi connectivity index (χ3n) is 5.02. The van der Waals surface area contributed by atoms with Gasteiger partial charge in [-0.05, 0) is 37.0 Å². The van der Waals surface area contributed by atoms with Gasteiger partial charge in [-0.15, -0.1) is 0 Å². The molecule has 0 bridgehead atoms. The quantitative estimate of drug-likeness (QED) is 0.623. The standard InChI is InChI=1S/C19H23N3O3/c1-14-5-3-4-6-15(14)7-8-17(23)21-11-9-16(10-12-21)22-13-18(24)20(2)19(22)25/h3-8,16H,9-13H2,1-2H3. The second kappa shape index (κ2) is 7.09. The predicted molar refractivity (Wildman–Crippen MR) is 94.7 cm³/mol. The first-order valence-electron chi connectivity index (χ1n) is 8.57. The molecule has 2 aliphatic rings. The molecule has 0 aromatic heterocycles. The van der Waals surface area contributed by atoms with Crippen molar-refractivity contribution in [3.63, 3.8) is 0 Å². The molecule has 1 aromatic carbocycles. The Bertz CT molecular complexity index is 720. The molecule has 0 unspecified atom stereocenters. The van der Waals surface area contributed by atoms with Crippen molar-refractivity contribution in [2.45, 2.75) is 25.8 Å². The molecule has 3 rings (SSSR count). The summed E-state index contributed by atoms with van der Waals surface area (Å²) in [4.78, 5) is 40.7. The van der Waals surface area contributed by atoms with E-state index in [-0.39, 0.29) is 30.4 Å². The van der Waals surface area contributed by atoms with Gasteiger partial charge in [0.05, 0.1) is 0 Å². The topological polar surface area (TPSA) is 60.9 Å². The molecule has 1 aromatic rings. The van der Waals surface area contributed by atoms with E-state index < -0.39 is 0 Å². The first-order chi connectivity index (χ1) is 12.0. The van der Waals surface area contributed by atoms with E-state index in [2.05, 4.69) is 0 Å². The minimum Gasteiger partial charge on any atom is -0.339 e. The molecule has 6 nitrogen and oxygen atoms in total. The fraction of sp³-hybridized carbons (Fsp3) is 0.421. The van der Waals surface area contributed by atoms with Crippen LogP contribution in [0.5, 0.6) is 0 Å². The number of hydrogen-bond acceptors (Lipinski definition) is 3. The van der Waals surface area contributed by atoms with Crippen LogP contribution >= 0.6 is 0 Å². The van der Waals surface area contributed by atoms with Crippen LogP contribution in [0.1, 0.15) is 24.0 Å². The first-order valence-corrected chi connectivity index (χ1v) is 8.57. The molecule has 2 heterocycles. The maximum Gasteiger partial charge on any atom is 0.327 e. The molecule has 6 heteroatoms. The Kier molecular flexibility index (Phi) is 4.88. The molecule has 132 valence electrons. The van der Waals surface area contributed by atoms with Gasteiger partial charge in [0, 0.05) is 32.3 Å². The summed E-state index contributed by atoms with van der Waals surface area (Å²) < 4.78 is 0. The van der Waals surface area contributed by atoms with Crippen LogP contribution in [0.25, 0.3) is 6.08 Å². The SMILES string of the molecule is Cc1ccccc1C=CC(=O)N1CCC(N2CC(=O)N(C)C2=O)CC1. The highest BCUT2D eigenvalue weighted by Crippen LogP contribution is 2.21. The molecule has 2 fully saturated rings. The lowest BCUT2D eigenvalue weighted by Crippen LogP contribution is -2.47. The minimum absolute atomic E-state index is 0.0114. The molecule has 0 spiro atoms. The van der Waals surface area contributed by atoms with Crippen molar-refractivity contribution in [1.82, 2.24) is 14.7 Å². The molecule has 25 heavy (non-hydrogen) atoms. The number of benzene rings is 1. The van der Waals surface area contributed by atoms with Gasteiger partial charge in [-0.2, -0.15) is 0 Å². The second-order valence-corrected chi connectivity index (χ2v) is 6.61. The summed E-state index contributed by atoms with van der Waals surface area (Å²) in [5.74, 6) is -0.174. The Morgan fingerprint density at radius 2 is 1.84 bits per heavy atom. The van der Waals surface area contributed by atoms with E-state index >= 15 is 0 Å². The molecule has 4 amide bonds. The van der Waals surface area contributed by atoms with Crippen LogP contribution < -0.4 is 0 Å². The highest BCUT2D eigenvalue weighted by Gasteiger charge is 2.38. The molecular formula is C19H23N3O3. The zero-order valence-electron chi connectivity index (χ0n) is 14.6. The van der Waals surface area contributed by atoms with Gasteiger partial charge in [0.2, 0.25) is 11.8 Å². The molecule has 0 aliphatic carbocycles. The number of aryl methyl sites for hydroxylation is 1. The normalized spacial score (nSPS) is 19.4. The van der Waals surface area contributed by atoms with Gasteiger partial charge in [0.1, 0.15) is 6.54 Å².